The van der Waals surface area contributed by atoms with Gasteiger partial charge in [-0.25, -0.2) is 0 Å². The van der Waals surface area contributed by atoms with Crippen molar-refractivity contribution in [2.75, 3.05) is 24.7 Å². The molecule has 2 aliphatic heterocycles. The van der Waals surface area contributed by atoms with Gasteiger partial charge in [0.2, 0.25) is 5.91 Å². The Morgan fingerprint density at radius 2 is 2.20 bits per heavy atom. The lowest BCUT2D eigenvalue weighted by Crippen LogP contribution is -2.47. The first-order valence-corrected chi connectivity index (χ1v) is 8.53. The minimum absolute atomic E-state index is 0.0542. The van der Waals surface area contributed by atoms with E-state index in [2.05, 4.69) is 0 Å². The number of amides is 1. The van der Waals surface area contributed by atoms with Crippen LogP contribution in [0.3, 0.4) is 0 Å². The monoisotopic (exact) mass is 301 g/mol. The first-order chi connectivity index (χ1) is 9.66. The lowest BCUT2D eigenvalue weighted by atomic mass is 10.0. The predicted molar refractivity (Wildman–Crippen MR) is 77.9 cm³/mol. The third-order valence-electron chi connectivity index (χ3n) is 3.91. The Balaban J connectivity index is 1.80. The average Bonchev–Trinajstić information content (AvgIpc) is 2.46. The van der Waals surface area contributed by atoms with Crippen molar-refractivity contribution in [3.05, 3.63) is 0 Å². The highest BCUT2D eigenvalue weighted by Gasteiger charge is 2.29. The smallest absolute Gasteiger partial charge is 0.305 e. The van der Waals surface area contributed by atoms with Crippen molar-refractivity contribution in [3.8, 4) is 0 Å². The van der Waals surface area contributed by atoms with E-state index in [1.54, 1.807) is 16.7 Å². The number of carboxylic acids is 1. The summed E-state index contributed by atoms with van der Waals surface area (Å²) in [6.45, 7) is 1.48. The molecule has 2 rings (SSSR count). The molecule has 0 aromatic rings. The number of carbonyl (C=O) groups excluding carboxylic acids is 1. The Labute approximate surface area is 124 Å². The molecule has 2 heterocycles. The number of hydrogen-bond donors (Lipinski definition) is 1. The molecule has 2 atom stereocenters. The van der Waals surface area contributed by atoms with Crippen LogP contribution in [-0.4, -0.2) is 58.7 Å². The van der Waals surface area contributed by atoms with Crippen molar-refractivity contribution >= 4 is 23.6 Å². The van der Waals surface area contributed by atoms with E-state index in [1.807, 2.05) is 0 Å². The number of aliphatic carboxylic acids is 1. The van der Waals surface area contributed by atoms with Crippen LogP contribution in [0.4, 0.5) is 0 Å². The Morgan fingerprint density at radius 1 is 1.35 bits per heavy atom. The van der Waals surface area contributed by atoms with E-state index in [4.69, 9.17) is 9.84 Å². The van der Waals surface area contributed by atoms with Gasteiger partial charge in [0.1, 0.15) is 0 Å². The number of hydrogen-bond acceptors (Lipinski definition) is 4. The highest BCUT2D eigenvalue weighted by atomic mass is 32.2. The molecule has 2 unspecified atom stereocenters. The fraction of sp³-hybridized carbons (Fsp3) is 0.857. The van der Waals surface area contributed by atoms with Crippen molar-refractivity contribution in [2.45, 2.75) is 50.7 Å². The molecule has 6 heteroatoms. The maximum absolute atomic E-state index is 12.3. The van der Waals surface area contributed by atoms with Crippen LogP contribution >= 0.6 is 11.8 Å². The summed E-state index contributed by atoms with van der Waals surface area (Å²) in [6, 6.07) is -0.147. The maximum Gasteiger partial charge on any atom is 0.305 e. The van der Waals surface area contributed by atoms with Crippen molar-refractivity contribution in [2.24, 2.45) is 0 Å². The molecule has 2 fully saturated rings. The quantitative estimate of drug-likeness (QED) is 0.838. The zero-order chi connectivity index (χ0) is 14.4. The standard InChI is InChI=1S/C14H23NO4S/c16-13(5-4-12-3-1-2-7-19-12)15-6-8-20-10-11(15)9-14(17)18/h11-12H,1-10H2,(H,17,18). The van der Waals surface area contributed by atoms with Crippen molar-refractivity contribution in [3.63, 3.8) is 0 Å². The summed E-state index contributed by atoms with van der Waals surface area (Å²) in [4.78, 5) is 24.9. The molecule has 0 radical (unpaired) electrons. The molecule has 0 aromatic heterocycles. The molecule has 0 bridgehead atoms. The second-order valence-corrected chi connectivity index (χ2v) is 6.59. The zero-order valence-corrected chi connectivity index (χ0v) is 12.6. The normalized spacial score (nSPS) is 27.3. The second-order valence-electron chi connectivity index (χ2n) is 5.44. The van der Waals surface area contributed by atoms with Gasteiger partial charge in [-0.1, -0.05) is 0 Å². The van der Waals surface area contributed by atoms with Gasteiger partial charge >= 0.3 is 5.97 Å². The van der Waals surface area contributed by atoms with Gasteiger partial charge in [0, 0.05) is 31.1 Å². The Hall–Kier alpha value is -0.750. The summed E-state index contributed by atoms with van der Waals surface area (Å²) in [5, 5.41) is 8.93. The van der Waals surface area contributed by atoms with E-state index in [0.29, 0.717) is 13.0 Å². The summed E-state index contributed by atoms with van der Waals surface area (Å²) in [5.74, 6) is 0.899. The molecule has 2 aliphatic rings. The van der Waals surface area contributed by atoms with E-state index >= 15 is 0 Å². The first-order valence-electron chi connectivity index (χ1n) is 7.37. The summed E-state index contributed by atoms with van der Waals surface area (Å²) >= 11 is 1.73. The lowest BCUT2D eigenvalue weighted by Gasteiger charge is -2.35. The number of nitrogens with zero attached hydrogens (tertiary/aromatic N) is 1. The molecule has 0 spiro atoms. The van der Waals surface area contributed by atoms with Gasteiger partial charge < -0.3 is 14.7 Å². The molecule has 1 N–H and O–H groups in total. The van der Waals surface area contributed by atoms with Crippen LogP contribution in [0.1, 0.15) is 38.5 Å². The zero-order valence-electron chi connectivity index (χ0n) is 11.8. The van der Waals surface area contributed by atoms with Crippen LogP contribution in [0.25, 0.3) is 0 Å². The largest absolute Gasteiger partial charge is 0.481 e. The van der Waals surface area contributed by atoms with Crippen LogP contribution in [-0.2, 0) is 14.3 Å². The summed E-state index contributed by atoms with van der Waals surface area (Å²) in [7, 11) is 0. The minimum atomic E-state index is -0.828. The molecule has 0 saturated carbocycles. The van der Waals surface area contributed by atoms with Crippen molar-refractivity contribution in [1.82, 2.24) is 4.90 Å². The van der Waals surface area contributed by atoms with Gasteiger partial charge in [-0.2, -0.15) is 11.8 Å². The Bertz CT molecular complexity index is 344. The number of rotatable bonds is 5. The topological polar surface area (TPSA) is 66.8 Å². The third-order valence-corrected chi connectivity index (χ3v) is 5.00. The average molecular weight is 301 g/mol. The Kier molecular flexibility index (Phi) is 6.16. The Morgan fingerprint density at radius 3 is 2.90 bits per heavy atom. The highest BCUT2D eigenvalue weighted by molar-refractivity contribution is 7.99. The van der Waals surface area contributed by atoms with E-state index in [-0.39, 0.29) is 24.5 Å². The molecular weight excluding hydrogens is 278 g/mol. The van der Waals surface area contributed by atoms with Gasteiger partial charge in [-0.3, -0.25) is 9.59 Å². The van der Waals surface area contributed by atoms with Gasteiger partial charge in [0.15, 0.2) is 0 Å². The van der Waals surface area contributed by atoms with Gasteiger partial charge in [-0.05, 0) is 25.7 Å². The molecule has 0 aliphatic carbocycles. The van der Waals surface area contributed by atoms with Crippen molar-refractivity contribution < 1.29 is 19.4 Å². The van der Waals surface area contributed by atoms with Gasteiger partial charge in [0.05, 0.1) is 18.6 Å². The van der Waals surface area contributed by atoms with E-state index in [1.165, 1.54) is 6.42 Å². The van der Waals surface area contributed by atoms with Gasteiger partial charge in [-0.15, -0.1) is 0 Å². The molecule has 5 nitrogen and oxygen atoms in total. The molecular formula is C14H23NO4S. The second kappa shape index (κ2) is 7.88. The van der Waals surface area contributed by atoms with E-state index < -0.39 is 5.97 Å². The molecule has 20 heavy (non-hydrogen) atoms. The number of carboxylic acid groups (broad SMARTS) is 1. The number of ether oxygens (including phenoxy) is 1. The number of carbonyl (C=O) groups is 2. The SMILES string of the molecule is O=C(O)CC1CSCCN1C(=O)CCC1CCCCO1. The summed E-state index contributed by atoms with van der Waals surface area (Å²) in [6.07, 6.45) is 4.86. The predicted octanol–water partition coefficient (Wildman–Crippen LogP) is 1.75. The van der Waals surface area contributed by atoms with Crippen molar-refractivity contribution in [1.29, 1.82) is 0 Å². The van der Waals surface area contributed by atoms with Crippen LogP contribution in [0.5, 0.6) is 0 Å². The molecule has 1 amide bonds. The van der Waals surface area contributed by atoms with Gasteiger partial charge in [0.25, 0.3) is 0 Å². The molecule has 0 aromatic carbocycles. The fourth-order valence-corrected chi connectivity index (χ4v) is 3.88. The fourth-order valence-electron chi connectivity index (χ4n) is 2.82. The third kappa shape index (κ3) is 4.66. The van der Waals surface area contributed by atoms with Crippen LogP contribution in [0.15, 0.2) is 0 Å². The highest BCUT2D eigenvalue weighted by Crippen LogP contribution is 2.22. The van der Waals surface area contributed by atoms with Crippen LogP contribution < -0.4 is 0 Å². The minimum Gasteiger partial charge on any atom is -0.481 e. The maximum atomic E-state index is 12.3. The number of thioether (sulfide) groups is 1. The van der Waals surface area contributed by atoms with E-state index in [0.717, 1.165) is 37.4 Å². The lowest BCUT2D eigenvalue weighted by molar-refractivity contribution is -0.140. The summed E-state index contributed by atoms with van der Waals surface area (Å²) < 4.78 is 5.64. The summed E-state index contributed by atoms with van der Waals surface area (Å²) in [5.41, 5.74) is 0. The van der Waals surface area contributed by atoms with Crippen LogP contribution in [0.2, 0.25) is 0 Å². The first kappa shape index (κ1) is 15.6. The van der Waals surface area contributed by atoms with E-state index in [9.17, 15) is 9.59 Å². The molecule has 114 valence electrons. The van der Waals surface area contributed by atoms with Crippen LogP contribution in [0, 0.1) is 0 Å². The molecule has 2 saturated heterocycles.